The van der Waals surface area contributed by atoms with Crippen LogP contribution in [0.4, 0.5) is 0 Å². The van der Waals surface area contributed by atoms with Crippen LogP contribution in [0, 0.1) is 0 Å². The molecule has 100 valence electrons. The van der Waals surface area contributed by atoms with E-state index in [1.807, 2.05) is 11.4 Å². The lowest BCUT2D eigenvalue weighted by Gasteiger charge is -2.27. The highest BCUT2D eigenvalue weighted by Crippen LogP contribution is 2.31. The van der Waals surface area contributed by atoms with Crippen molar-refractivity contribution in [1.82, 2.24) is 5.32 Å². The Hall–Kier alpha value is -0.390. The van der Waals surface area contributed by atoms with Crippen LogP contribution in [0.15, 0.2) is 15.9 Å². The number of hydrogen-bond donors (Lipinski definition) is 1. The van der Waals surface area contributed by atoms with Crippen LogP contribution in [0.1, 0.15) is 43.0 Å². The summed E-state index contributed by atoms with van der Waals surface area (Å²) in [4.78, 5) is 12.9. The van der Waals surface area contributed by atoms with E-state index in [9.17, 15) is 4.79 Å². The Morgan fingerprint density at radius 3 is 2.78 bits per heavy atom. The predicted octanol–water partition coefficient (Wildman–Crippen LogP) is 3.65. The van der Waals surface area contributed by atoms with Gasteiger partial charge in [0.2, 0.25) is 0 Å². The summed E-state index contributed by atoms with van der Waals surface area (Å²) in [6.07, 6.45) is 6.10. The summed E-state index contributed by atoms with van der Waals surface area (Å²) in [5.74, 6) is -0.205. The molecule has 3 nitrogen and oxygen atoms in total. The highest BCUT2D eigenvalue weighted by atomic mass is 79.9. The second-order valence-electron chi connectivity index (χ2n) is 4.59. The zero-order valence-electron chi connectivity index (χ0n) is 10.4. The smallest absolute Gasteiger partial charge is 0.328 e. The van der Waals surface area contributed by atoms with Gasteiger partial charge in [0.25, 0.3) is 0 Å². The summed E-state index contributed by atoms with van der Waals surface area (Å²) in [7, 11) is 1.44. The van der Waals surface area contributed by atoms with Crippen molar-refractivity contribution in [3.05, 3.63) is 20.8 Å². The molecule has 1 saturated carbocycles. The number of rotatable bonds is 4. The molecule has 1 aliphatic rings. The molecule has 1 aromatic heterocycles. The van der Waals surface area contributed by atoms with Crippen LogP contribution in [0.3, 0.4) is 0 Å². The first kappa shape index (κ1) is 14.0. The number of thiophene rings is 1. The van der Waals surface area contributed by atoms with E-state index >= 15 is 0 Å². The number of hydrogen-bond acceptors (Lipinski definition) is 4. The fraction of sp³-hybridized carbons (Fsp3) is 0.615. The van der Waals surface area contributed by atoms with Crippen LogP contribution in [0.25, 0.3) is 0 Å². The Balaban J connectivity index is 2.10. The standard InChI is InChI=1S/C13H18BrNO2S/c1-17-13(16)11(12-10(14)7-8-18-12)15-9-5-3-2-4-6-9/h7-9,11,15H,2-6H2,1H3. The first-order valence-electron chi connectivity index (χ1n) is 6.29. The normalized spacial score (nSPS) is 18.6. The maximum Gasteiger partial charge on any atom is 0.328 e. The molecule has 1 unspecified atom stereocenters. The van der Waals surface area contributed by atoms with E-state index in [2.05, 4.69) is 21.2 Å². The summed E-state index contributed by atoms with van der Waals surface area (Å²) in [5, 5.41) is 5.44. The van der Waals surface area contributed by atoms with Gasteiger partial charge in [0, 0.05) is 15.4 Å². The molecule has 18 heavy (non-hydrogen) atoms. The minimum atomic E-state index is -0.340. The van der Waals surface area contributed by atoms with E-state index in [1.54, 1.807) is 11.3 Å². The molecule has 1 N–H and O–H groups in total. The van der Waals surface area contributed by atoms with Crippen molar-refractivity contribution in [1.29, 1.82) is 0 Å². The number of halogens is 1. The van der Waals surface area contributed by atoms with Crippen molar-refractivity contribution in [2.75, 3.05) is 7.11 Å². The molecular weight excluding hydrogens is 314 g/mol. The van der Waals surface area contributed by atoms with Crippen LogP contribution in [0.5, 0.6) is 0 Å². The van der Waals surface area contributed by atoms with Gasteiger partial charge in [-0.2, -0.15) is 0 Å². The van der Waals surface area contributed by atoms with Gasteiger partial charge in [-0.3, -0.25) is 5.32 Å². The number of esters is 1. The van der Waals surface area contributed by atoms with Gasteiger partial charge >= 0.3 is 5.97 Å². The van der Waals surface area contributed by atoms with Crippen molar-refractivity contribution in [3.63, 3.8) is 0 Å². The van der Waals surface area contributed by atoms with Crippen molar-refractivity contribution in [3.8, 4) is 0 Å². The second kappa shape index (κ2) is 6.68. The second-order valence-corrected chi connectivity index (χ2v) is 6.39. The minimum absolute atomic E-state index is 0.205. The lowest BCUT2D eigenvalue weighted by Crippen LogP contribution is -2.38. The van der Waals surface area contributed by atoms with E-state index in [1.165, 1.54) is 26.4 Å². The predicted molar refractivity (Wildman–Crippen MR) is 76.8 cm³/mol. The highest BCUT2D eigenvalue weighted by Gasteiger charge is 2.28. The Morgan fingerprint density at radius 2 is 2.22 bits per heavy atom. The van der Waals surface area contributed by atoms with Gasteiger partial charge in [0.1, 0.15) is 6.04 Å². The summed E-state index contributed by atoms with van der Waals surface area (Å²) >= 11 is 5.07. The monoisotopic (exact) mass is 331 g/mol. The molecule has 0 aromatic carbocycles. The van der Waals surface area contributed by atoms with Gasteiger partial charge in [0.15, 0.2) is 0 Å². The Kier molecular flexibility index (Phi) is 5.21. The fourth-order valence-electron chi connectivity index (χ4n) is 2.38. The van der Waals surface area contributed by atoms with E-state index < -0.39 is 0 Å². The topological polar surface area (TPSA) is 38.3 Å². The average molecular weight is 332 g/mol. The Morgan fingerprint density at radius 1 is 1.50 bits per heavy atom. The number of nitrogens with one attached hydrogen (secondary N) is 1. The summed E-state index contributed by atoms with van der Waals surface area (Å²) in [5.41, 5.74) is 0. The Bertz CT molecular complexity index is 401. The van der Waals surface area contributed by atoms with Gasteiger partial charge in [-0.25, -0.2) is 4.79 Å². The van der Waals surface area contributed by atoms with E-state index in [4.69, 9.17) is 4.74 Å². The zero-order chi connectivity index (χ0) is 13.0. The van der Waals surface area contributed by atoms with Crippen LogP contribution in [0.2, 0.25) is 0 Å². The molecule has 1 atom stereocenters. The van der Waals surface area contributed by atoms with Gasteiger partial charge < -0.3 is 4.74 Å². The SMILES string of the molecule is COC(=O)C(NC1CCCCC1)c1sccc1Br. The van der Waals surface area contributed by atoms with Gasteiger partial charge in [-0.1, -0.05) is 19.3 Å². The molecule has 0 radical (unpaired) electrons. The third-order valence-corrected chi connectivity index (χ3v) is 5.29. The molecular formula is C13H18BrNO2S. The van der Waals surface area contributed by atoms with E-state index in [0.717, 1.165) is 22.2 Å². The fourth-order valence-corrected chi connectivity index (χ4v) is 4.03. The lowest BCUT2D eigenvalue weighted by molar-refractivity contribution is -0.143. The van der Waals surface area contributed by atoms with Crippen LogP contribution < -0.4 is 5.32 Å². The van der Waals surface area contributed by atoms with Crippen molar-refractivity contribution < 1.29 is 9.53 Å². The van der Waals surface area contributed by atoms with Gasteiger partial charge in [0.05, 0.1) is 7.11 Å². The lowest BCUT2D eigenvalue weighted by atomic mass is 9.95. The van der Waals surface area contributed by atoms with E-state index in [-0.39, 0.29) is 12.0 Å². The molecule has 0 spiro atoms. The maximum atomic E-state index is 11.9. The molecule has 0 bridgehead atoms. The molecule has 0 aliphatic heterocycles. The molecule has 1 aliphatic carbocycles. The molecule has 2 rings (SSSR count). The number of carbonyl (C=O) groups excluding carboxylic acids is 1. The van der Waals surface area contributed by atoms with Gasteiger partial charge in [-0.05, 0) is 40.2 Å². The quantitative estimate of drug-likeness (QED) is 0.856. The third-order valence-electron chi connectivity index (χ3n) is 3.35. The molecule has 0 amide bonds. The summed E-state index contributed by atoms with van der Waals surface area (Å²) in [6.45, 7) is 0. The molecule has 1 heterocycles. The first-order chi connectivity index (χ1) is 8.72. The maximum absolute atomic E-state index is 11.9. The number of carbonyl (C=O) groups is 1. The van der Waals surface area contributed by atoms with Crippen LogP contribution in [-0.4, -0.2) is 19.1 Å². The third kappa shape index (κ3) is 3.33. The number of ether oxygens (including phenoxy) is 1. The Labute approximate surface area is 120 Å². The summed E-state index contributed by atoms with van der Waals surface area (Å²) in [6, 6.07) is 2.06. The summed E-state index contributed by atoms with van der Waals surface area (Å²) < 4.78 is 5.90. The van der Waals surface area contributed by atoms with Crippen molar-refractivity contribution >= 4 is 33.2 Å². The molecule has 1 aromatic rings. The van der Waals surface area contributed by atoms with E-state index in [0.29, 0.717) is 6.04 Å². The van der Waals surface area contributed by atoms with Crippen molar-refractivity contribution in [2.45, 2.75) is 44.2 Å². The molecule has 0 saturated heterocycles. The molecule has 5 heteroatoms. The number of methoxy groups -OCH3 is 1. The zero-order valence-corrected chi connectivity index (χ0v) is 12.9. The van der Waals surface area contributed by atoms with Gasteiger partial charge in [-0.15, -0.1) is 11.3 Å². The average Bonchev–Trinajstić information content (AvgIpc) is 2.82. The first-order valence-corrected chi connectivity index (χ1v) is 7.96. The van der Waals surface area contributed by atoms with Crippen LogP contribution in [-0.2, 0) is 9.53 Å². The van der Waals surface area contributed by atoms with Crippen LogP contribution >= 0.6 is 27.3 Å². The van der Waals surface area contributed by atoms with Crippen molar-refractivity contribution in [2.24, 2.45) is 0 Å². The highest BCUT2D eigenvalue weighted by molar-refractivity contribution is 9.10. The molecule has 1 fully saturated rings. The minimum Gasteiger partial charge on any atom is -0.468 e. The largest absolute Gasteiger partial charge is 0.468 e.